The van der Waals surface area contributed by atoms with Gasteiger partial charge in [0, 0.05) is 5.69 Å². The summed E-state index contributed by atoms with van der Waals surface area (Å²) in [5.41, 5.74) is 0.345. The second-order valence-electron chi connectivity index (χ2n) is 5.22. The summed E-state index contributed by atoms with van der Waals surface area (Å²) in [6, 6.07) is 3.84. The Kier molecular flexibility index (Phi) is 5.55. The number of hydrogen-bond acceptors (Lipinski definition) is 3. The van der Waals surface area contributed by atoms with E-state index in [1.54, 1.807) is 0 Å². The number of hydrogen-bond donors (Lipinski definition) is 1. The van der Waals surface area contributed by atoms with Crippen LogP contribution in [0.4, 0.5) is 10.1 Å². The van der Waals surface area contributed by atoms with Gasteiger partial charge >= 0.3 is 5.97 Å². The van der Waals surface area contributed by atoms with E-state index in [2.05, 4.69) is 5.32 Å². The Balaban J connectivity index is 1.84. The molecular formula is C16H17ClFNO3. The molecule has 118 valence electrons. The molecule has 1 aromatic carbocycles. The van der Waals surface area contributed by atoms with Gasteiger partial charge in [0.15, 0.2) is 6.10 Å². The summed E-state index contributed by atoms with van der Waals surface area (Å²) < 4.78 is 18.1. The number of carbonyl (C=O) groups excluding carboxylic acids is 2. The van der Waals surface area contributed by atoms with E-state index in [4.69, 9.17) is 16.3 Å². The van der Waals surface area contributed by atoms with Crippen LogP contribution < -0.4 is 5.32 Å². The molecule has 0 saturated carbocycles. The van der Waals surface area contributed by atoms with E-state index in [9.17, 15) is 14.0 Å². The van der Waals surface area contributed by atoms with E-state index in [0.29, 0.717) is 5.69 Å². The van der Waals surface area contributed by atoms with Crippen LogP contribution in [-0.2, 0) is 14.3 Å². The largest absolute Gasteiger partial charge is 0.453 e. The summed E-state index contributed by atoms with van der Waals surface area (Å²) in [5, 5.41) is 2.44. The Morgan fingerprint density at radius 1 is 1.50 bits per heavy atom. The summed E-state index contributed by atoms with van der Waals surface area (Å²) >= 11 is 5.64. The second-order valence-corrected chi connectivity index (χ2v) is 5.63. The molecule has 0 aliphatic heterocycles. The first kappa shape index (κ1) is 16.5. The third-order valence-electron chi connectivity index (χ3n) is 3.41. The van der Waals surface area contributed by atoms with Crippen LogP contribution in [0.5, 0.6) is 0 Å². The van der Waals surface area contributed by atoms with Gasteiger partial charge in [-0.05, 0) is 43.9 Å². The SMILES string of the molecule is C[C@@H](OC(=O)C[C@@H]1C=CCC1)C(=O)Nc1ccc(F)c(Cl)c1. The summed E-state index contributed by atoms with van der Waals surface area (Å²) in [4.78, 5) is 23.7. The summed E-state index contributed by atoms with van der Waals surface area (Å²) in [5.74, 6) is -1.27. The third-order valence-corrected chi connectivity index (χ3v) is 3.70. The molecule has 1 aromatic rings. The normalized spacial score (nSPS) is 18.0. The first-order valence-corrected chi connectivity index (χ1v) is 7.45. The number of anilines is 1. The lowest BCUT2D eigenvalue weighted by molar-refractivity contribution is -0.153. The van der Waals surface area contributed by atoms with Crippen LogP contribution in [0.3, 0.4) is 0 Å². The molecule has 2 rings (SSSR count). The van der Waals surface area contributed by atoms with E-state index in [0.717, 1.165) is 18.9 Å². The number of halogens is 2. The van der Waals surface area contributed by atoms with Gasteiger partial charge in [-0.2, -0.15) is 0 Å². The van der Waals surface area contributed by atoms with Crippen LogP contribution in [0.15, 0.2) is 30.4 Å². The molecule has 0 radical (unpaired) electrons. The molecule has 6 heteroatoms. The minimum absolute atomic E-state index is 0.0875. The number of benzene rings is 1. The van der Waals surface area contributed by atoms with Crippen LogP contribution in [0.1, 0.15) is 26.2 Å². The lowest BCUT2D eigenvalue weighted by Crippen LogP contribution is -2.30. The summed E-state index contributed by atoms with van der Waals surface area (Å²) in [6.45, 7) is 1.49. The predicted octanol–water partition coefficient (Wildman–Crippen LogP) is 3.71. The smallest absolute Gasteiger partial charge is 0.307 e. The van der Waals surface area contributed by atoms with Crippen molar-refractivity contribution in [3.63, 3.8) is 0 Å². The molecule has 2 atom stereocenters. The highest BCUT2D eigenvalue weighted by Crippen LogP contribution is 2.22. The van der Waals surface area contributed by atoms with Crippen molar-refractivity contribution in [2.45, 2.75) is 32.3 Å². The fourth-order valence-electron chi connectivity index (χ4n) is 2.20. The average Bonchev–Trinajstić information content (AvgIpc) is 2.95. The standard InChI is InChI=1S/C16H17ClFNO3/c1-10(22-15(20)8-11-4-2-3-5-11)16(21)19-12-6-7-14(18)13(17)9-12/h2,4,6-7,9-11H,3,5,8H2,1H3,(H,19,21)/t10-,11-/m1/s1. The van der Waals surface area contributed by atoms with Crippen LogP contribution >= 0.6 is 11.6 Å². The van der Waals surface area contributed by atoms with Crippen molar-refractivity contribution < 1.29 is 18.7 Å². The minimum Gasteiger partial charge on any atom is -0.453 e. The molecule has 0 spiro atoms. The summed E-state index contributed by atoms with van der Waals surface area (Å²) in [6.07, 6.45) is 5.28. The van der Waals surface area contributed by atoms with Gasteiger partial charge in [-0.25, -0.2) is 4.39 Å². The molecule has 1 aliphatic rings. The van der Waals surface area contributed by atoms with Gasteiger partial charge < -0.3 is 10.1 Å². The lowest BCUT2D eigenvalue weighted by atomic mass is 10.1. The van der Waals surface area contributed by atoms with Crippen molar-refractivity contribution in [2.24, 2.45) is 5.92 Å². The molecule has 0 aromatic heterocycles. The van der Waals surface area contributed by atoms with Crippen molar-refractivity contribution in [2.75, 3.05) is 5.32 Å². The Bertz CT molecular complexity index is 603. The fourth-order valence-corrected chi connectivity index (χ4v) is 2.38. The van der Waals surface area contributed by atoms with Crippen LogP contribution in [0, 0.1) is 11.7 Å². The first-order valence-electron chi connectivity index (χ1n) is 7.08. The van der Waals surface area contributed by atoms with Gasteiger partial charge in [-0.3, -0.25) is 9.59 Å². The van der Waals surface area contributed by atoms with Crippen molar-refractivity contribution in [3.8, 4) is 0 Å². The van der Waals surface area contributed by atoms with Gasteiger partial charge in [-0.1, -0.05) is 23.8 Å². The lowest BCUT2D eigenvalue weighted by Gasteiger charge is -2.15. The van der Waals surface area contributed by atoms with Crippen LogP contribution in [0.25, 0.3) is 0 Å². The molecule has 0 fully saturated rings. The molecule has 0 saturated heterocycles. The average molecular weight is 326 g/mol. The second kappa shape index (κ2) is 7.40. The minimum atomic E-state index is -0.929. The van der Waals surface area contributed by atoms with Gasteiger partial charge in [-0.15, -0.1) is 0 Å². The molecule has 1 N–H and O–H groups in total. The van der Waals surface area contributed by atoms with Crippen LogP contribution in [0.2, 0.25) is 5.02 Å². The van der Waals surface area contributed by atoms with E-state index in [1.165, 1.54) is 19.1 Å². The topological polar surface area (TPSA) is 55.4 Å². The Labute approximate surface area is 133 Å². The third kappa shape index (κ3) is 4.56. The highest BCUT2D eigenvalue weighted by atomic mass is 35.5. The van der Waals surface area contributed by atoms with E-state index < -0.39 is 23.8 Å². The maximum absolute atomic E-state index is 13.0. The van der Waals surface area contributed by atoms with Gasteiger partial charge in [0.05, 0.1) is 11.4 Å². The molecular weight excluding hydrogens is 309 g/mol. The molecule has 1 aliphatic carbocycles. The first-order chi connectivity index (χ1) is 10.5. The quantitative estimate of drug-likeness (QED) is 0.663. The van der Waals surface area contributed by atoms with Gasteiger partial charge in [0.25, 0.3) is 5.91 Å². The number of ether oxygens (including phenoxy) is 1. The molecule has 1 amide bonds. The van der Waals surface area contributed by atoms with Crippen LogP contribution in [-0.4, -0.2) is 18.0 Å². The molecule has 0 heterocycles. The van der Waals surface area contributed by atoms with Crippen molar-refractivity contribution >= 4 is 29.2 Å². The molecule has 4 nitrogen and oxygen atoms in total. The maximum Gasteiger partial charge on any atom is 0.307 e. The van der Waals surface area contributed by atoms with Crippen molar-refractivity contribution in [1.82, 2.24) is 0 Å². The Hall–Kier alpha value is -1.88. The fraction of sp³-hybridized carbons (Fsp3) is 0.375. The number of carbonyl (C=O) groups is 2. The van der Waals surface area contributed by atoms with Crippen molar-refractivity contribution in [1.29, 1.82) is 0 Å². The number of allylic oxidation sites excluding steroid dienone is 2. The van der Waals surface area contributed by atoms with E-state index in [1.807, 2.05) is 12.2 Å². The maximum atomic E-state index is 13.0. The highest BCUT2D eigenvalue weighted by molar-refractivity contribution is 6.31. The Morgan fingerprint density at radius 2 is 2.27 bits per heavy atom. The molecule has 0 bridgehead atoms. The highest BCUT2D eigenvalue weighted by Gasteiger charge is 2.21. The molecule has 0 unspecified atom stereocenters. The van der Waals surface area contributed by atoms with Gasteiger partial charge in [0.1, 0.15) is 5.82 Å². The van der Waals surface area contributed by atoms with E-state index in [-0.39, 0.29) is 17.4 Å². The van der Waals surface area contributed by atoms with Crippen molar-refractivity contribution in [3.05, 3.63) is 41.2 Å². The van der Waals surface area contributed by atoms with Gasteiger partial charge in [0.2, 0.25) is 0 Å². The zero-order chi connectivity index (χ0) is 16.1. The number of amides is 1. The number of rotatable bonds is 5. The number of esters is 1. The predicted molar refractivity (Wildman–Crippen MR) is 82.1 cm³/mol. The summed E-state index contributed by atoms with van der Waals surface area (Å²) in [7, 11) is 0. The molecule has 22 heavy (non-hydrogen) atoms. The zero-order valence-corrected chi connectivity index (χ0v) is 12.9. The zero-order valence-electron chi connectivity index (χ0n) is 12.1. The Morgan fingerprint density at radius 3 is 2.91 bits per heavy atom. The monoisotopic (exact) mass is 325 g/mol. The van der Waals surface area contributed by atoms with E-state index >= 15 is 0 Å². The number of nitrogens with one attached hydrogen (secondary N) is 1.